The minimum atomic E-state index is -0.593. The summed E-state index contributed by atoms with van der Waals surface area (Å²) < 4.78 is 31.4. The molecule has 208 valence electrons. The van der Waals surface area contributed by atoms with Gasteiger partial charge in [0, 0.05) is 37.0 Å². The molecule has 2 aliphatic rings. The van der Waals surface area contributed by atoms with Gasteiger partial charge < -0.3 is 29.4 Å². The number of nitrogens with one attached hydrogen (secondary N) is 2. The van der Waals surface area contributed by atoms with Crippen molar-refractivity contribution in [3.05, 3.63) is 36.0 Å². The van der Waals surface area contributed by atoms with Crippen LogP contribution in [0.3, 0.4) is 0 Å². The minimum Gasteiger partial charge on any atom is -0.494 e. The third-order valence-corrected chi connectivity index (χ3v) is 6.80. The number of carbonyl (C=O) groups excluding carboxylic acids is 2. The van der Waals surface area contributed by atoms with Crippen LogP contribution in [0.15, 0.2) is 24.7 Å². The van der Waals surface area contributed by atoms with Crippen LogP contribution in [0.25, 0.3) is 22.3 Å². The van der Waals surface area contributed by atoms with Gasteiger partial charge in [0.15, 0.2) is 11.6 Å². The number of likely N-dealkylation sites (tertiary alicyclic amines) is 1. The van der Waals surface area contributed by atoms with Crippen molar-refractivity contribution in [2.24, 2.45) is 5.92 Å². The number of H-pyrrole nitrogens is 1. The molecule has 2 aromatic heterocycles. The second-order valence-corrected chi connectivity index (χ2v) is 11.1. The molecule has 2 N–H and O–H groups in total. The van der Waals surface area contributed by atoms with Crippen LogP contribution in [-0.4, -0.2) is 70.3 Å². The van der Waals surface area contributed by atoms with E-state index >= 15 is 0 Å². The Bertz CT molecular complexity index is 1380. The van der Waals surface area contributed by atoms with Crippen molar-refractivity contribution in [2.75, 3.05) is 26.8 Å². The molecule has 1 saturated heterocycles. The molecule has 1 saturated carbocycles. The monoisotopic (exact) mass is 539 g/mol. The van der Waals surface area contributed by atoms with Gasteiger partial charge in [-0.3, -0.25) is 4.79 Å². The Hall–Kier alpha value is -3.89. The fraction of sp³-hybridized carbons (Fsp3) is 0.500. The van der Waals surface area contributed by atoms with E-state index < -0.39 is 17.5 Å². The average molecular weight is 540 g/mol. The fourth-order valence-corrected chi connectivity index (χ4v) is 4.65. The zero-order valence-corrected chi connectivity index (χ0v) is 22.7. The van der Waals surface area contributed by atoms with Gasteiger partial charge in [0.25, 0.3) is 5.91 Å². The first-order chi connectivity index (χ1) is 18.6. The smallest absolute Gasteiger partial charge is 0.410 e. The van der Waals surface area contributed by atoms with Gasteiger partial charge in [-0.2, -0.15) is 0 Å². The highest BCUT2D eigenvalue weighted by molar-refractivity contribution is 6.08. The van der Waals surface area contributed by atoms with Crippen LogP contribution in [0.1, 0.15) is 56.8 Å². The minimum absolute atomic E-state index is 0.0781. The molecule has 2 fully saturated rings. The maximum atomic E-state index is 14.8. The van der Waals surface area contributed by atoms with Crippen molar-refractivity contribution in [2.45, 2.75) is 58.1 Å². The molecule has 0 unspecified atom stereocenters. The van der Waals surface area contributed by atoms with Crippen molar-refractivity contribution in [1.82, 2.24) is 25.2 Å². The molecule has 1 atom stereocenters. The van der Waals surface area contributed by atoms with E-state index in [2.05, 4.69) is 20.3 Å². The van der Waals surface area contributed by atoms with E-state index in [1.165, 1.54) is 25.6 Å². The number of aromatic amines is 1. The first-order valence-electron chi connectivity index (χ1n) is 13.2. The number of carbonyl (C=O) groups is 2. The Kier molecular flexibility index (Phi) is 7.33. The van der Waals surface area contributed by atoms with Gasteiger partial charge in [0.1, 0.15) is 28.9 Å². The molecule has 2 amide bonds. The maximum absolute atomic E-state index is 14.8. The van der Waals surface area contributed by atoms with Crippen LogP contribution in [0.4, 0.5) is 9.18 Å². The number of piperidine rings is 1. The number of nitrogens with zero attached hydrogens (tertiary/aromatic N) is 3. The summed E-state index contributed by atoms with van der Waals surface area (Å²) in [6.07, 6.45) is 6.22. The summed E-state index contributed by atoms with van der Waals surface area (Å²) in [6.45, 7) is 6.93. The van der Waals surface area contributed by atoms with Gasteiger partial charge in [-0.1, -0.05) is 0 Å². The molecule has 5 rings (SSSR count). The Balaban J connectivity index is 1.38. The van der Waals surface area contributed by atoms with Gasteiger partial charge in [-0.15, -0.1) is 0 Å². The molecule has 0 radical (unpaired) electrons. The lowest BCUT2D eigenvalue weighted by Gasteiger charge is -2.34. The molecule has 0 bridgehead atoms. The van der Waals surface area contributed by atoms with Gasteiger partial charge in [0.2, 0.25) is 0 Å². The Morgan fingerprint density at radius 2 is 1.97 bits per heavy atom. The van der Waals surface area contributed by atoms with Crippen LogP contribution < -0.4 is 14.8 Å². The van der Waals surface area contributed by atoms with Crippen molar-refractivity contribution in [3.8, 4) is 22.8 Å². The normalized spacial score (nSPS) is 17.7. The molecule has 3 heterocycles. The lowest BCUT2D eigenvalue weighted by atomic mass is 10.1. The zero-order valence-electron chi connectivity index (χ0n) is 22.7. The summed E-state index contributed by atoms with van der Waals surface area (Å²) in [5.74, 6) is 0.146. The molecule has 39 heavy (non-hydrogen) atoms. The summed E-state index contributed by atoms with van der Waals surface area (Å²) in [7, 11) is 1.40. The summed E-state index contributed by atoms with van der Waals surface area (Å²) >= 11 is 0. The first kappa shape index (κ1) is 26.7. The lowest BCUT2D eigenvalue weighted by Crippen LogP contribution is -2.50. The predicted octanol–water partition coefficient (Wildman–Crippen LogP) is 4.69. The third-order valence-electron chi connectivity index (χ3n) is 6.80. The molecule has 1 aliphatic carbocycles. The Morgan fingerprint density at radius 1 is 1.18 bits per heavy atom. The average Bonchev–Trinajstić information content (AvgIpc) is 3.62. The van der Waals surface area contributed by atoms with Crippen molar-refractivity contribution in [1.29, 1.82) is 0 Å². The number of rotatable bonds is 7. The van der Waals surface area contributed by atoms with Crippen LogP contribution in [0, 0.1) is 11.7 Å². The molecule has 1 aliphatic heterocycles. The summed E-state index contributed by atoms with van der Waals surface area (Å²) in [5.41, 5.74) is 1.49. The number of benzene rings is 1. The summed E-state index contributed by atoms with van der Waals surface area (Å²) in [4.78, 5) is 39.3. The fourth-order valence-electron chi connectivity index (χ4n) is 4.65. The molecular weight excluding hydrogens is 505 g/mol. The Morgan fingerprint density at radius 3 is 2.69 bits per heavy atom. The van der Waals surface area contributed by atoms with Crippen LogP contribution in [-0.2, 0) is 4.74 Å². The van der Waals surface area contributed by atoms with E-state index in [1.807, 2.05) is 20.8 Å². The van der Waals surface area contributed by atoms with Gasteiger partial charge in [-0.25, -0.2) is 19.2 Å². The number of fused-ring (bicyclic) bond motifs is 1. The Labute approximate surface area is 226 Å². The number of amides is 2. The van der Waals surface area contributed by atoms with Crippen LogP contribution in [0.5, 0.6) is 11.5 Å². The van der Waals surface area contributed by atoms with Crippen molar-refractivity contribution < 1.29 is 28.2 Å². The predicted molar refractivity (Wildman–Crippen MR) is 142 cm³/mol. The zero-order chi connectivity index (χ0) is 27.7. The SMILES string of the molecule is COc1cc(OCC2CC2)c(-c2ncnc3c(C(=O)N[C@H]4CCCN(C(=O)OC(C)(C)C)C4)c[nH]c23)cc1F. The molecule has 0 spiro atoms. The van der Waals surface area contributed by atoms with Crippen molar-refractivity contribution in [3.63, 3.8) is 0 Å². The summed E-state index contributed by atoms with van der Waals surface area (Å²) in [6, 6.07) is 2.62. The van der Waals surface area contributed by atoms with E-state index in [4.69, 9.17) is 14.2 Å². The molecule has 11 heteroatoms. The number of ether oxygens (including phenoxy) is 3. The molecule has 3 aromatic rings. The highest BCUT2D eigenvalue weighted by Crippen LogP contribution is 2.39. The topological polar surface area (TPSA) is 119 Å². The van der Waals surface area contributed by atoms with Gasteiger partial charge >= 0.3 is 6.09 Å². The lowest BCUT2D eigenvalue weighted by molar-refractivity contribution is 0.0185. The van der Waals surface area contributed by atoms with Crippen LogP contribution in [0.2, 0.25) is 0 Å². The standard InChI is InChI=1S/C28H34FN5O5/c1-28(2,3)39-27(36)34-9-5-6-17(13-34)33-26(35)19-12-30-25-23(31-15-32-24(19)25)18-10-20(29)22(37-4)11-21(18)38-14-16-7-8-16/h10-12,15-17,30H,5-9,13-14H2,1-4H3,(H,33,35)/t17-/m0/s1. The van der Waals surface area contributed by atoms with Gasteiger partial charge in [0.05, 0.1) is 24.8 Å². The van der Waals surface area contributed by atoms with E-state index in [0.29, 0.717) is 59.2 Å². The van der Waals surface area contributed by atoms with E-state index in [-0.39, 0.29) is 17.7 Å². The van der Waals surface area contributed by atoms with Crippen LogP contribution >= 0.6 is 0 Å². The number of methoxy groups -OCH3 is 1. The highest BCUT2D eigenvalue weighted by Gasteiger charge is 2.30. The largest absolute Gasteiger partial charge is 0.494 e. The van der Waals surface area contributed by atoms with Crippen molar-refractivity contribution >= 4 is 23.0 Å². The second-order valence-electron chi connectivity index (χ2n) is 11.1. The summed E-state index contributed by atoms with van der Waals surface area (Å²) in [5, 5.41) is 3.03. The molecule has 1 aromatic carbocycles. The number of halogens is 1. The number of hydrogen-bond acceptors (Lipinski definition) is 7. The van der Waals surface area contributed by atoms with E-state index in [0.717, 1.165) is 25.7 Å². The molecule has 10 nitrogen and oxygen atoms in total. The number of hydrogen-bond donors (Lipinski definition) is 2. The van der Waals surface area contributed by atoms with E-state index in [9.17, 15) is 14.0 Å². The maximum Gasteiger partial charge on any atom is 0.410 e. The quantitative estimate of drug-likeness (QED) is 0.447. The highest BCUT2D eigenvalue weighted by atomic mass is 19.1. The number of aromatic nitrogens is 3. The van der Waals surface area contributed by atoms with E-state index in [1.54, 1.807) is 11.1 Å². The van der Waals surface area contributed by atoms with Gasteiger partial charge in [-0.05, 0) is 58.4 Å². The third kappa shape index (κ3) is 6.07. The first-order valence-corrected chi connectivity index (χ1v) is 13.2. The molecular formula is C28H34FN5O5. The second kappa shape index (κ2) is 10.7.